The second kappa shape index (κ2) is 68.3. The van der Waals surface area contributed by atoms with Crippen molar-refractivity contribution in [2.24, 2.45) is 0 Å². The lowest BCUT2D eigenvalue weighted by atomic mass is 10.0. The molecule has 0 spiro atoms. The predicted molar refractivity (Wildman–Crippen MR) is 353 cm³/mol. The number of carbonyl (C=O) groups is 3. The minimum absolute atomic E-state index is 0.102. The summed E-state index contributed by atoms with van der Waals surface area (Å²) in [5.74, 6) is -0.981. The first-order valence-corrected chi connectivity index (χ1v) is 34.0. The number of ether oxygens (including phenoxy) is 3. The molecule has 0 heterocycles. The maximum atomic E-state index is 12.9. The van der Waals surface area contributed by atoms with Gasteiger partial charge in [-0.2, -0.15) is 0 Å². The maximum absolute atomic E-state index is 12.9. The Morgan fingerprint density at radius 3 is 0.827 bits per heavy atom. The van der Waals surface area contributed by atoms with Gasteiger partial charge in [-0.25, -0.2) is 0 Å². The summed E-state index contributed by atoms with van der Waals surface area (Å²) in [5, 5.41) is 0. The van der Waals surface area contributed by atoms with Crippen LogP contribution in [0.1, 0.15) is 316 Å². The number of carbonyl (C=O) groups excluding carboxylic acids is 3. The van der Waals surface area contributed by atoms with Gasteiger partial charge in [0.2, 0.25) is 0 Å². The average molecular weight is 1120 g/mol. The van der Waals surface area contributed by atoms with Gasteiger partial charge in [-0.15, -0.1) is 0 Å². The number of unbranched alkanes of at least 4 members (excludes halogenated alkanes) is 30. The maximum Gasteiger partial charge on any atom is 0.306 e. The highest BCUT2D eigenvalue weighted by Crippen LogP contribution is 2.17. The van der Waals surface area contributed by atoms with Gasteiger partial charge < -0.3 is 14.2 Å². The highest BCUT2D eigenvalue weighted by molar-refractivity contribution is 5.71. The van der Waals surface area contributed by atoms with Crippen molar-refractivity contribution in [1.29, 1.82) is 0 Å². The third kappa shape index (κ3) is 66.5. The molecule has 462 valence electrons. The molecule has 0 aromatic carbocycles. The quantitative estimate of drug-likeness (QED) is 0.0261. The van der Waals surface area contributed by atoms with Gasteiger partial charge in [-0.05, 0) is 116 Å². The van der Waals surface area contributed by atoms with Crippen molar-refractivity contribution >= 4 is 17.9 Å². The van der Waals surface area contributed by atoms with Crippen LogP contribution in [0.4, 0.5) is 0 Å². The first-order valence-electron chi connectivity index (χ1n) is 34.0. The van der Waals surface area contributed by atoms with E-state index in [0.29, 0.717) is 19.3 Å². The van der Waals surface area contributed by atoms with Crippen LogP contribution < -0.4 is 0 Å². The Balaban J connectivity index is 4.32. The molecule has 6 nitrogen and oxygen atoms in total. The van der Waals surface area contributed by atoms with Gasteiger partial charge in [-0.3, -0.25) is 14.4 Å². The molecule has 0 fully saturated rings. The summed E-state index contributed by atoms with van der Waals surface area (Å²) >= 11 is 0. The molecular weight excluding hydrogens is 997 g/mol. The predicted octanol–water partition coefficient (Wildman–Crippen LogP) is 23.6. The molecule has 0 saturated heterocycles. The van der Waals surface area contributed by atoms with Gasteiger partial charge in [0, 0.05) is 19.3 Å². The number of hydrogen-bond donors (Lipinski definition) is 0. The summed E-state index contributed by atoms with van der Waals surface area (Å²) in [6.45, 7) is 6.36. The van der Waals surface area contributed by atoms with Gasteiger partial charge in [0.05, 0.1) is 0 Å². The second-order valence-electron chi connectivity index (χ2n) is 22.3. The van der Waals surface area contributed by atoms with Crippen LogP contribution in [0, 0.1) is 0 Å². The molecule has 0 rings (SSSR count). The Hall–Kier alpha value is -4.19. The van der Waals surface area contributed by atoms with Crippen LogP contribution in [0.2, 0.25) is 0 Å². The van der Waals surface area contributed by atoms with Crippen molar-refractivity contribution in [1.82, 2.24) is 0 Å². The Kier molecular flexibility index (Phi) is 64.8. The number of rotatable bonds is 61. The van der Waals surface area contributed by atoms with E-state index in [1.165, 1.54) is 173 Å². The fraction of sp³-hybridized carbons (Fsp3) is 0.693. The zero-order valence-electron chi connectivity index (χ0n) is 53.0. The molecule has 0 saturated carbocycles. The summed E-state index contributed by atoms with van der Waals surface area (Å²) in [4.78, 5) is 38.3. The van der Waals surface area contributed by atoms with Gasteiger partial charge in [-0.1, -0.05) is 303 Å². The zero-order valence-corrected chi connectivity index (χ0v) is 53.0. The molecule has 0 aliphatic rings. The molecule has 0 aliphatic heterocycles. The Morgan fingerprint density at radius 2 is 0.506 bits per heavy atom. The minimum Gasteiger partial charge on any atom is -0.462 e. The molecule has 0 N–H and O–H groups in total. The summed E-state index contributed by atoms with van der Waals surface area (Å²) in [6.07, 6.45) is 95.2. The van der Waals surface area contributed by atoms with E-state index >= 15 is 0 Å². The molecule has 0 aromatic rings. The van der Waals surface area contributed by atoms with Gasteiger partial charge in [0.15, 0.2) is 6.10 Å². The summed E-state index contributed by atoms with van der Waals surface area (Å²) in [7, 11) is 0. The van der Waals surface area contributed by atoms with E-state index in [9.17, 15) is 14.4 Å². The van der Waals surface area contributed by atoms with E-state index < -0.39 is 6.10 Å². The van der Waals surface area contributed by atoms with Crippen LogP contribution in [0.3, 0.4) is 0 Å². The van der Waals surface area contributed by atoms with E-state index in [2.05, 4.69) is 136 Å². The zero-order chi connectivity index (χ0) is 58.5. The molecule has 1 unspecified atom stereocenters. The molecule has 0 aromatic heterocycles. The fourth-order valence-electron chi connectivity index (χ4n) is 9.42. The smallest absolute Gasteiger partial charge is 0.306 e. The SMILES string of the molecule is CC/C=C\C/C=C\C/C=C\C/C=C\CCCCCCCCCCCCCCCCC(=O)OCC(COC(=O)CC/C=C\C/C=C\C/C=C\C/C=C\CC)OC(=O)CCCCCCCCCCCCC/C=C\C/C=C\CCCCCCC. The van der Waals surface area contributed by atoms with Crippen LogP contribution in [0.5, 0.6) is 0 Å². The second-order valence-corrected chi connectivity index (χ2v) is 22.3. The molecule has 0 radical (unpaired) electrons. The van der Waals surface area contributed by atoms with Crippen molar-refractivity contribution < 1.29 is 28.6 Å². The van der Waals surface area contributed by atoms with E-state index in [1.807, 2.05) is 6.08 Å². The first kappa shape index (κ1) is 76.8. The summed E-state index contributed by atoms with van der Waals surface area (Å²) in [5.41, 5.74) is 0. The molecule has 0 aliphatic carbocycles. The number of hydrogen-bond acceptors (Lipinski definition) is 6. The van der Waals surface area contributed by atoms with Crippen molar-refractivity contribution in [2.45, 2.75) is 322 Å². The third-order valence-electron chi connectivity index (χ3n) is 14.4. The van der Waals surface area contributed by atoms with E-state index in [4.69, 9.17) is 14.2 Å². The van der Waals surface area contributed by atoms with Crippen LogP contribution >= 0.6 is 0 Å². The van der Waals surface area contributed by atoms with Crippen molar-refractivity contribution in [3.05, 3.63) is 122 Å². The highest BCUT2D eigenvalue weighted by Gasteiger charge is 2.19. The monoisotopic (exact) mass is 1120 g/mol. The van der Waals surface area contributed by atoms with Gasteiger partial charge in [0.25, 0.3) is 0 Å². The fourth-order valence-corrected chi connectivity index (χ4v) is 9.42. The molecule has 6 heteroatoms. The van der Waals surface area contributed by atoms with Crippen molar-refractivity contribution in [3.63, 3.8) is 0 Å². The Labute approximate surface area is 501 Å². The van der Waals surface area contributed by atoms with E-state index in [0.717, 1.165) is 96.3 Å². The van der Waals surface area contributed by atoms with E-state index in [-0.39, 0.29) is 37.5 Å². The highest BCUT2D eigenvalue weighted by atomic mass is 16.6. The van der Waals surface area contributed by atoms with Crippen LogP contribution in [-0.2, 0) is 28.6 Å². The first-order chi connectivity index (χ1) is 40.0. The lowest BCUT2D eigenvalue weighted by Crippen LogP contribution is -2.30. The molecule has 81 heavy (non-hydrogen) atoms. The third-order valence-corrected chi connectivity index (χ3v) is 14.4. The largest absolute Gasteiger partial charge is 0.462 e. The lowest BCUT2D eigenvalue weighted by Gasteiger charge is -2.18. The van der Waals surface area contributed by atoms with E-state index in [1.54, 1.807) is 0 Å². The summed E-state index contributed by atoms with van der Waals surface area (Å²) < 4.78 is 16.9. The standard InChI is InChI=1S/C75H126O6/c1-4-7-10-13-16-19-22-25-27-29-31-33-35-36-37-38-40-41-43-45-47-50-53-56-59-62-65-68-74(77)80-71-72(70-79-73(76)67-64-61-58-55-52-49-24-21-18-15-12-9-6-3)81-75(78)69-66-63-60-57-54-51-48-46-44-42-39-34-32-30-28-26-23-20-17-14-11-8-5-2/h7,9-10,12,16,18-19,21,23,25-27,30-33,49,52,58,61,72H,4-6,8,11,13-15,17,20,22,24,28-29,34-48,50-51,53-57,59-60,62-71H2,1-3H3/b10-7-,12-9-,19-16-,21-18-,26-23-,27-25-,32-30-,33-31-,52-49-,61-58-. The molecule has 0 bridgehead atoms. The lowest BCUT2D eigenvalue weighted by molar-refractivity contribution is -0.166. The topological polar surface area (TPSA) is 78.9 Å². The molecule has 0 amide bonds. The average Bonchev–Trinajstić information content (AvgIpc) is 3.46. The van der Waals surface area contributed by atoms with Crippen LogP contribution in [0.25, 0.3) is 0 Å². The Bertz CT molecular complexity index is 1670. The van der Waals surface area contributed by atoms with Gasteiger partial charge >= 0.3 is 17.9 Å². The Morgan fingerprint density at radius 1 is 0.259 bits per heavy atom. The normalized spacial score (nSPS) is 12.9. The van der Waals surface area contributed by atoms with Crippen molar-refractivity contribution in [3.8, 4) is 0 Å². The number of allylic oxidation sites excluding steroid dienone is 20. The molecular formula is C75H126O6. The van der Waals surface area contributed by atoms with Crippen LogP contribution in [-0.4, -0.2) is 37.2 Å². The number of esters is 3. The van der Waals surface area contributed by atoms with Gasteiger partial charge in [0.1, 0.15) is 13.2 Å². The van der Waals surface area contributed by atoms with Crippen LogP contribution in [0.15, 0.2) is 122 Å². The molecule has 1 atom stereocenters. The minimum atomic E-state index is -0.812. The summed E-state index contributed by atoms with van der Waals surface area (Å²) in [6, 6.07) is 0. The van der Waals surface area contributed by atoms with Crippen molar-refractivity contribution in [2.75, 3.05) is 13.2 Å².